The number of halogens is 1. The third-order valence-corrected chi connectivity index (χ3v) is 10.1. The van der Waals surface area contributed by atoms with E-state index in [0.717, 1.165) is 11.1 Å². The first-order chi connectivity index (χ1) is 22.3. The Labute approximate surface area is 264 Å². The first-order valence-corrected chi connectivity index (χ1v) is 16.3. The van der Waals surface area contributed by atoms with Gasteiger partial charge in [-0.2, -0.15) is 12.7 Å². The van der Waals surface area contributed by atoms with Gasteiger partial charge in [0.05, 0.1) is 24.6 Å². The van der Waals surface area contributed by atoms with Crippen LogP contribution < -0.4 is 19.5 Å². The second kappa shape index (κ2) is 12.2. The average Bonchev–Trinajstić information content (AvgIpc) is 3.64. The van der Waals surface area contributed by atoms with Crippen LogP contribution in [0.15, 0.2) is 77.9 Å². The summed E-state index contributed by atoms with van der Waals surface area (Å²) in [5.74, 6) is -0.0752. The molecule has 238 valence electrons. The predicted octanol–water partition coefficient (Wildman–Crippen LogP) is 3.23. The fourth-order valence-electron chi connectivity index (χ4n) is 5.66. The smallest absolute Gasteiger partial charge is 0.304 e. The molecule has 0 spiro atoms. The number of hydrogen-bond donors (Lipinski definition) is 1. The van der Waals surface area contributed by atoms with Crippen molar-refractivity contribution in [2.75, 3.05) is 55.6 Å². The van der Waals surface area contributed by atoms with E-state index in [0.29, 0.717) is 44.1 Å². The van der Waals surface area contributed by atoms with E-state index in [1.807, 2.05) is 30.3 Å². The van der Waals surface area contributed by atoms with Gasteiger partial charge < -0.3 is 19.4 Å². The van der Waals surface area contributed by atoms with Crippen LogP contribution in [0.25, 0.3) is 17.2 Å². The number of imidazole rings is 1. The summed E-state index contributed by atoms with van der Waals surface area (Å²) in [5.41, 5.74) is 3.17. The lowest BCUT2D eigenvalue weighted by Crippen LogP contribution is -2.37. The lowest BCUT2D eigenvalue weighted by molar-refractivity contribution is 0.122. The fourth-order valence-corrected chi connectivity index (χ4v) is 7.00. The van der Waals surface area contributed by atoms with E-state index >= 15 is 0 Å². The SMILES string of the molecule is CN1CCN(c2cc(N3CCOCC3)cn3c(=O)c(OCc4ccccc4)c(-c4ncc(Cc5ccc(F)cc5)[nH]4)nc23)S1(=O)=O. The van der Waals surface area contributed by atoms with Gasteiger partial charge in [0, 0.05) is 57.7 Å². The molecule has 2 aromatic carbocycles. The Kier molecular flexibility index (Phi) is 7.92. The van der Waals surface area contributed by atoms with Gasteiger partial charge in [-0.1, -0.05) is 42.5 Å². The summed E-state index contributed by atoms with van der Waals surface area (Å²) in [6.45, 7) is 2.76. The number of pyridine rings is 1. The molecule has 0 unspecified atom stereocenters. The standard InChI is InChI=1S/C32H32FN7O5S/c1-37-11-12-40(46(37,42)43)27-18-26(38-13-15-44-16-14-38)20-39-31(27)36-28(29(32(39)41)45-21-23-5-3-2-4-6-23)30-34-19-25(35-30)17-22-7-9-24(33)10-8-22/h2-10,18-20H,11-17,21H2,1H3,(H,34,35). The molecule has 14 heteroatoms. The Morgan fingerprint density at radius 3 is 2.48 bits per heavy atom. The van der Waals surface area contributed by atoms with Crippen LogP contribution >= 0.6 is 0 Å². The van der Waals surface area contributed by atoms with Crippen molar-refractivity contribution in [1.29, 1.82) is 0 Å². The molecule has 0 bridgehead atoms. The monoisotopic (exact) mass is 645 g/mol. The molecule has 46 heavy (non-hydrogen) atoms. The average molecular weight is 646 g/mol. The number of anilines is 2. The van der Waals surface area contributed by atoms with Gasteiger partial charge in [-0.15, -0.1) is 0 Å². The molecule has 0 aliphatic carbocycles. The maximum absolute atomic E-state index is 14.4. The minimum atomic E-state index is -3.85. The summed E-state index contributed by atoms with van der Waals surface area (Å²) in [6.07, 6.45) is 3.74. The number of fused-ring (bicyclic) bond motifs is 1. The molecular formula is C32H32FN7O5S. The highest BCUT2D eigenvalue weighted by Crippen LogP contribution is 2.34. The van der Waals surface area contributed by atoms with Crippen molar-refractivity contribution in [1.82, 2.24) is 23.7 Å². The molecule has 2 fully saturated rings. The zero-order chi connectivity index (χ0) is 31.8. The lowest BCUT2D eigenvalue weighted by atomic mass is 10.1. The number of rotatable bonds is 8. The van der Waals surface area contributed by atoms with Gasteiger partial charge in [0.1, 0.15) is 12.4 Å². The number of aromatic nitrogens is 4. The van der Waals surface area contributed by atoms with Crippen molar-refractivity contribution in [3.05, 3.63) is 106 Å². The second-order valence-corrected chi connectivity index (χ2v) is 13.2. The van der Waals surface area contributed by atoms with Gasteiger partial charge in [-0.05, 0) is 29.3 Å². The minimum Gasteiger partial charge on any atom is -0.481 e. The van der Waals surface area contributed by atoms with Crippen LogP contribution in [0.4, 0.5) is 15.8 Å². The van der Waals surface area contributed by atoms with Gasteiger partial charge in [0.15, 0.2) is 17.2 Å². The van der Waals surface area contributed by atoms with Crippen LogP contribution in [0.2, 0.25) is 0 Å². The predicted molar refractivity (Wildman–Crippen MR) is 171 cm³/mol. The van der Waals surface area contributed by atoms with Crippen LogP contribution in [0.1, 0.15) is 16.8 Å². The van der Waals surface area contributed by atoms with E-state index in [2.05, 4.69) is 14.9 Å². The Balaban J connectivity index is 1.40. The molecule has 2 saturated heterocycles. The number of hydrogen-bond acceptors (Lipinski definition) is 8. The molecular weight excluding hydrogens is 613 g/mol. The fraction of sp³-hybridized carbons (Fsp3) is 0.281. The Morgan fingerprint density at radius 1 is 1.00 bits per heavy atom. The first-order valence-electron chi connectivity index (χ1n) is 14.9. The summed E-state index contributed by atoms with van der Waals surface area (Å²) < 4.78 is 56.0. The molecule has 0 saturated carbocycles. The zero-order valence-electron chi connectivity index (χ0n) is 25.1. The highest BCUT2D eigenvalue weighted by atomic mass is 32.2. The van der Waals surface area contributed by atoms with E-state index < -0.39 is 15.8 Å². The maximum Gasteiger partial charge on any atom is 0.304 e. The molecule has 7 rings (SSSR count). The van der Waals surface area contributed by atoms with Gasteiger partial charge in [-0.3, -0.25) is 13.5 Å². The third-order valence-electron chi connectivity index (χ3n) is 8.17. The van der Waals surface area contributed by atoms with Crippen molar-refractivity contribution in [2.24, 2.45) is 0 Å². The third kappa shape index (κ3) is 5.70. The molecule has 0 amide bonds. The lowest BCUT2D eigenvalue weighted by Gasteiger charge is -2.30. The number of aromatic amines is 1. The molecule has 2 aliphatic heterocycles. The molecule has 2 aliphatic rings. The van der Waals surface area contributed by atoms with Crippen molar-refractivity contribution in [2.45, 2.75) is 13.0 Å². The minimum absolute atomic E-state index is 0.0319. The summed E-state index contributed by atoms with van der Waals surface area (Å²) in [4.78, 5) is 29.1. The van der Waals surface area contributed by atoms with E-state index in [9.17, 15) is 17.6 Å². The summed E-state index contributed by atoms with van der Waals surface area (Å²) >= 11 is 0. The van der Waals surface area contributed by atoms with Crippen LogP contribution in [0.5, 0.6) is 5.75 Å². The van der Waals surface area contributed by atoms with Crippen molar-refractivity contribution < 1.29 is 22.3 Å². The number of morpholine rings is 1. The van der Waals surface area contributed by atoms with Gasteiger partial charge >= 0.3 is 15.8 Å². The van der Waals surface area contributed by atoms with Crippen LogP contribution in [0.3, 0.4) is 0 Å². The first kappa shape index (κ1) is 29.9. The normalized spacial score (nSPS) is 16.7. The largest absolute Gasteiger partial charge is 0.481 e. The van der Waals surface area contributed by atoms with Crippen molar-refractivity contribution >= 4 is 27.2 Å². The summed E-state index contributed by atoms with van der Waals surface area (Å²) in [5, 5.41) is 0. The quantitative estimate of drug-likeness (QED) is 0.273. The van der Waals surface area contributed by atoms with Crippen molar-refractivity contribution in [3.63, 3.8) is 0 Å². The molecule has 0 radical (unpaired) electrons. The molecule has 12 nitrogen and oxygen atoms in total. The van der Waals surface area contributed by atoms with Gasteiger partial charge in [-0.25, -0.2) is 14.4 Å². The number of nitrogens with one attached hydrogen (secondary N) is 1. The van der Waals surface area contributed by atoms with Crippen LogP contribution in [-0.2, 0) is 28.0 Å². The molecule has 3 aromatic heterocycles. The molecule has 1 N–H and O–H groups in total. The number of ether oxygens (including phenoxy) is 2. The Hall–Kier alpha value is -4.79. The van der Waals surface area contributed by atoms with E-state index in [4.69, 9.17) is 14.5 Å². The highest BCUT2D eigenvalue weighted by Gasteiger charge is 2.36. The second-order valence-electron chi connectivity index (χ2n) is 11.2. The number of benzene rings is 2. The number of likely N-dealkylation sites (N-methyl/N-ethyl adjacent to an activating group) is 1. The molecule has 5 aromatic rings. The highest BCUT2D eigenvalue weighted by molar-refractivity contribution is 7.90. The van der Waals surface area contributed by atoms with Crippen LogP contribution in [-0.4, -0.2) is 78.5 Å². The van der Waals surface area contributed by atoms with Crippen LogP contribution in [0, 0.1) is 5.82 Å². The maximum atomic E-state index is 14.4. The number of nitrogens with zero attached hydrogens (tertiary/aromatic N) is 6. The molecule has 0 atom stereocenters. The van der Waals surface area contributed by atoms with E-state index in [-0.39, 0.29) is 54.1 Å². The van der Waals surface area contributed by atoms with Gasteiger partial charge in [0.2, 0.25) is 5.75 Å². The van der Waals surface area contributed by atoms with Crippen molar-refractivity contribution in [3.8, 4) is 17.3 Å². The summed E-state index contributed by atoms with van der Waals surface area (Å²) in [7, 11) is -2.33. The summed E-state index contributed by atoms with van der Waals surface area (Å²) in [6, 6.07) is 17.4. The molecule has 5 heterocycles. The van der Waals surface area contributed by atoms with E-state index in [1.54, 1.807) is 30.6 Å². The number of H-pyrrole nitrogens is 1. The van der Waals surface area contributed by atoms with E-state index in [1.165, 1.54) is 32.2 Å². The Bertz CT molecular complexity index is 2050. The topological polar surface area (TPSA) is 125 Å². The van der Waals surface area contributed by atoms with Gasteiger partial charge in [0.25, 0.3) is 0 Å². The zero-order valence-corrected chi connectivity index (χ0v) is 25.9. The Morgan fingerprint density at radius 2 is 1.76 bits per heavy atom.